The number of fused-ring (bicyclic) bond motifs is 1. The van der Waals surface area contributed by atoms with Crippen molar-refractivity contribution in [1.82, 2.24) is 20.0 Å². The van der Waals surface area contributed by atoms with Crippen molar-refractivity contribution >= 4 is 17.6 Å². The summed E-state index contributed by atoms with van der Waals surface area (Å²) in [6.07, 6.45) is 2.76. The van der Waals surface area contributed by atoms with Gasteiger partial charge in [0.25, 0.3) is 5.91 Å². The van der Waals surface area contributed by atoms with Crippen LogP contribution in [-0.4, -0.2) is 52.4 Å². The molecule has 2 aliphatic rings. The Hall–Kier alpha value is -3.72. The molecule has 3 heterocycles. The largest absolute Gasteiger partial charge is 0.376 e. The van der Waals surface area contributed by atoms with Crippen molar-refractivity contribution < 1.29 is 18.7 Å². The number of amides is 3. The quantitative estimate of drug-likeness (QED) is 0.571. The zero-order valence-electron chi connectivity index (χ0n) is 20.3. The number of benzene rings is 2. The lowest BCUT2D eigenvalue weighted by Crippen LogP contribution is -2.45. The third kappa shape index (κ3) is 5.11. The number of nitrogens with zero attached hydrogens (tertiary/aromatic N) is 4. The van der Waals surface area contributed by atoms with E-state index in [1.165, 1.54) is 24.3 Å². The van der Waals surface area contributed by atoms with Crippen LogP contribution in [0.5, 0.6) is 0 Å². The molecule has 2 aliphatic heterocycles. The Balaban J connectivity index is 1.37. The number of urea groups is 1. The second-order valence-corrected chi connectivity index (χ2v) is 9.22. The first kappa shape index (κ1) is 24.0. The van der Waals surface area contributed by atoms with Crippen LogP contribution in [0.15, 0.2) is 54.6 Å². The van der Waals surface area contributed by atoms with Crippen LogP contribution in [0.4, 0.5) is 14.9 Å². The minimum Gasteiger partial charge on any atom is -0.376 e. The smallest absolute Gasteiger partial charge is 0.317 e. The number of aromatic nitrogens is 2. The highest BCUT2D eigenvalue weighted by atomic mass is 19.1. The lowest BCUT2D eigenvalue weighted by Gasteiger charge is -2.29. The Morgan fingerprint density at radius 1 is 1.17 bits per heavy atom. The van der Waals surface area contributed by atoms with Crippen LogP contribution in [0.3, 0.4) is 0 Å². The van der Waals surface area contributed by atoms with E-state index < -0.39 is 5.82 Å². The molecule has 9 heteroatoms. The molecule has 8 nitrogen and oxygen atoms in total. The lowest BCUT2D eigenvalue weighted by atomic mass is 10.0. The summed E-state index contributed by atoms with van der Waals surface area (Å²) in [6.45, 7) is 2.51. The van der Waals surface area contributed by atoms with Gasteiger partial charge in [-0.05, 0) is 49.2 Å². The third-order valence-corrected chi connectivity index (χ3v) is 6.83. The van der Waals surface area contributed by atoms with Gasteiger partial charge in [-0.15, -0.1) is 0 Å². The number of anilines is 1. The van der Waals surface area contributed by atoms with E-state index in [0.717, 1.165) is 36.4 Å². The summed E-state index contributed by atoms with van der Waals surface area (Å²) in [4.78, 5) is 29.8. The zero-order chi connectivity index (χ0) is 25.1. The number of hydrogen-bond donors (Lipinski definition) is 1. The molecule has 1 unspecified atom stereocenters. The van der Waals surface area contributed by atoms with Crippen LogP contribution in [0.2, 0.25) is 0 Å². The van der Waals surface area contributed by atoms with Gasteiger partial charge in [0, 0.05) is 55.7 Å². The van der Waals surface area contributed by atoms with Gasteiger partial charge in [0.2, 0.25) is 0 Å². The topological polar surface area (TPSA) is 79.7 Å². The van der Waals surface area contributed by atoms with E-state index in [0.29, 0.717) is 37.3 Å². The predicted octanol–water partition coefficient (Wildman–Crippen LogP) is 3.65. The molecule has 0 spiro atoms. The van der Waals surface area contributed by atoms with E-state index >= 15 is 0 Å². The molecule has 1 aromatic heterocycles. The molecule has 1 N–H and O–H groups in total. The minimum absolute atomic E-state index is 0.0835. The molecule has 1 fully saturated rings. The predicted molar refractivity (Wildman–Crippen MR) is 133 cm³/mol. The fourth-order valence-electron chi connectivity index (χ4n) is 4.87. The number of carbonyl (C=O) groups is 2. The maximum atomic E-state index is 13.5. The number of nitrogens with one attached hydrogen (secondary N) is 1. The van der Waals surface area contributed by atoms with Gasteiger partial charge in [0.1, 0.15) is 5.82 Å². The van der Waals surface area contributed by atoms with E-state index in [1.54, 1.807) is 9.80 Å². The highest BCUT2D eigenvalue weighted by molar-refractivity contribution is 6.06. The van der Waals surface area contributed by atoms with Crippen molar-refractivity contribution in [2.24, 2.45) is 7.05 Å². The first-order valence-electron chi connectivity index (χ1n) is 12.3. The summed E-state index contributed by atoms with van der Waals surface area (Å²) in [6, 6.07) is 14.8. The Labute approximate surface area is 209 Å². The van der Waals surface area contributed by atoms with Crippen molar-refractivity contribution in [1.29, 1.82) is 0 Å². The van der Waals surface area contributed by atoms with Crippen LogP contribution in [0, 0.1) is 5.82 Å². The van der Waals surface area contributed by atoms with E-state index in [4.69, 9.17) is 9.84 Å². The Morgan fingerprint density at radius 3 is 2.67 bits per heavy atom. The van der Waals surface area contributed by atoms with Crippen LogP contribution in [0.25, 0.3) is 0 Å². The number of hydrogen-bond acceptors (Lipinski definition) is 4. The standard InChI is InChI=1S/C27H30FN5O3/c1-31-25-13-14-32(27(35)29-16-22-8-5-15-36-22)17-23(25)24(30-31)18-33(21-6-3-2-4-7-21)26(34)19-9-11-20(28)12-10-19/h2-4,6-7,9-12,22H,5,8,13-18H2,1H3,(H,29,35). The van der Waals surface area contributed by atoms with Crippen molar-refractivity contribution in [2.45, 2.75) is 38.5 Å². The number of aryl methyl sites for hydroxylation is 1. The number of ether oxygens (including phenoxy) is 1. The highest BCUT2D eigenvalue weighted by Gasteiger charge is 2.29. The molecule has 3 amide bonds. The number of para-hydroxylation sites is 1. The maximum absolute atomic E-state index is 13.5. The van der Waals surface area contributed by atoms with Gasteiger partial charge in [0.15, 0.2) is 0 Å². The molecule has 188 valence electrons. The van der Waals surface area contributed by atoms with Crippen LogP contribution < -0.4 is 10.2 Å². The molecule has 3 aromatic rings. The minimum atomic E-state index is -0.394. The normalized spacial score (nSPS) is 17.1. The Kier molecular flexibility index (Phi) is 6.99. The molecule has 1 atom stereocenters. The number of rotatable bonds is 6. The summed E-state index contributed by atoms with van der Waals surface area (Å²) in [7, 11) is 1.89. The molecule has 36 heavy (non-hydrogen) atoms. The SMILES string of the molecule is Cn1nc(CN(C(=O)c2ccc(F)cc2)c2ccccc2)c2c1CCN(C(=O)NCC1CCCO1)C2. The molecule has 0 saturated carbocycles. The highest BCUT2D eigenvalue weighted by Crippen LogP contribution is 2.26. The average Bonchev–Trinajstić information content (AvgIpc) is 3.54. The molecule has 0 aliphatic carbocycles. The first-order valence-corrected chi connectivity index (χ1v) is 12.3. The Morgan fingerprint density at radius 2 is 1.94 bits per heavy atom. The fourth-order valence-corrected chi connectivity index (χ4v) is 4.87. The number of halogens is 1. The summed E-state index contributed by atoms with van der Waals surface area (Å²) in [5.74, 6) is -0.642. The third-order valence-electron chi connectivity index (χ3n) is 6.83. The van der Waals surface area contributed by atoms with Crippen LogP contribution in [0.1, 0.15) is 40.2 Å². The van der Waals surface area contributed by atoms with Crippen LogP contribution >= 0.6 is 0 Å². The zero-order valence-corrected chi connectivity index (χ0v) is 20.3. The van der Waals surface area contributed by atoms with Crippen molar-refractivity contribution in [2.75, 3.05) is 24.6 Å². The van der Waals surface area contributed by atoms with Crippen molar-refractivity contribution in [3.8, 4) is 0 Å². The Bertz CT molecular complexity index is 1220. The van der Waals surface area contributed by atoms with Crippen molar-refractivity contribution in [3.63, 3.8) is 0 Å². The average molecular weight is 492 g/mol. The molecule has 2 aromatic carbocycles. The van der Waals surface area contributed by atoms with Crippen molar-refractivity contribution in [3.05, 3.63) is 82.9 Å². The monoisotopic (exact) mass is 491 g/mol. The van der Waals surface area contributed by atoms with Gasteiger partial charge in [0.05, 0.1) is 24.9 Å². The van der Waals surface area contributed by atoms with Gasteiger partial charge >= 0.3 is 6.03 Å². The van der Waals surface area contributed by atoms with E-state index in [1.807, 2.05) is 42.1 Å². The van der Waals surface area contributed by atoms with E-state index in [2.05, 4.69) is 5.32 Å². The second-order valence-electron chi connectivity index (χ2n) is 9.22. The van der Waals surface area contributed by atoms with Gasteiger partial charge in [-0.2, -0.15) is 5.10 Å². The molecule has 5 rings (SSSR count). The van der Waals surface area contributed by atoms with Gasteiger partial charge < -0.3 is 19.9 Å². The van der Waals surface area contributed by atoms with E-state index in [9.17, 15) is 14.0 Å². The molecule has 1 saturated heterocycles. The molecular weight excluding hydrogens is 461 g/mol. The molecule has 0 radical (unpaired) electrons. The first-order chi connectivity index (χ1) is 17.5. The fraction of sp³-hybridized carbons (Fsp3) is 0.370. The van der Waals surface area contributed by atoms with E-state index in [-0.39, 0.29) is 24.6 Å². The summed E-state index contributed by atoms with van der Waals surface area (Å²) in [5.41, 5.74) is 3.87. The van der Waals surface area contributed by atoms with Gasteiger partial charge in [-0.3, -0.25) is 9.48 Å². The van der Waals surface area contributed by atoms with Crippen LogP contribution in [-0.2, 0) is 31.3 Å². The summed E-state index contributed by atoms with van der Waals surface area (Å²) >= 11 is 0. The molecular formula is C27H30FN5O3. The lowest BCUT2D eigenvalue weighted by molar-refractivity contribution is 0.0984. The number of carbonyl (C=O) groups excluding carboxylic acids is 2. The van der Waals surface area contributed by atoms with Gasteiger partial charge in [-0.1, -0.05) is 18.2 Å². The van der Waals surface area contributed by atoms with Gasteiger partial charge in [-0.25, -0.2) is 9.18 Å². The summed E-state index contributed by atoms with van der Waals surface area (Å²) in [5, 5.41) is 7.74. The maximum Gasteiger partial charge on any atom is 0.317 e. The molecule has 0 bridgehead atoms. The summed E-state index contributed by atoms with van der Waals surface area (Å²) < 4.78 is 20.9. The second kappa shape index (κ2) is 10.5.